The lowest BCUT2D eigenvalue weighted by Crippen LogP contribution is -2.37. The minimum Gasteiger partial charge on any atom is -0.492 e. The van der Waals surface area contributed by atoms with Gasteiger partial charge in [0.1, 0.15) is 18.4 Å². The molecule has 1 atom stereocenters. The first-order valence-electron chi connectivity index (χ1n) is 8.39. The predicted molar refractivity (Wildman–Crippen MR) is 91.1 cm³/mol. The minimum atomic E-state index is -3.66. The number of aryl methyl sites for hydroxylation is 1. The van der Waals surface area contributed by atoms with E-state index in [1.807, 2.05) is 25.1 Å². The molecule has 0 aromatic heterocycles. The third-order valence-corrected chi connectivity index (χ3v) is 6.69. The van der Waals surface area contributed by atoms with Gasteiger partial charge >= 0.3 is 10.2 Å². The molecule has 0 saturated carbocycles. The molecule has 7 heteroatoms. The number of rotatable bonds is 5. The molecule has 0 bridgehead atoms. The highest BCUT2D eigenvalue weighted by Crippen LogP contribution is 2.31. The van der Waals surface area contributed by atoms with Crippen LogP contribution in [0.4, 0.5) is 0 Å². The lowest BCUT2D eigenvalue weighted by atomic mass is 9.98. The van der Waals surface area contributed by atoms with Gasteiger partial charge in [0.05, 0.1) is 6.54 Å². The van der Waals surface area contributed by atoms with E-state index in [2.05, 4.69) is 13.8 Å². The van der Waals surface area contributed by atoms with Crippen LogP contribution < -0.4 is 4.74 Å². The van der Waals surface area contributed by atoms with Gasteiger partial charge in [-0.3, -0.25) is 4.79 Å². The van der Waals surface area contributed by atoms with Crippen molar-refractivity contribution in [2.24, 2.45) is 0 Å². The molecule has 0 radical (unpaired) electrons. The van der Waals surface area contributed by atoms with Gasteiger partial charge in [-0.1, -0.05) is 19.9 Å². The number of hydrogen-bond acceptors (Lipinski definition) is 4. The predicted octanol–water partition coefficient (Wildman–Crippen LogP) is 2.05. The Bertz CT molecular complexity index is 745. The number of hydrogen-bond donors (Lipinski definition) is 0. The van der Waals surface area contributed by atoms with E-state index in [0.29, 0.717) is 24.6 Å². The Hall–Kier alpha value is -1.60. The Morgan fingerprint density at radius 2 is 2.08 bits per heavy atom. The smallest absolute Gasteiger partial charge is 0.307 e. The zero-order valence-electron chi connectivity index (χ0n) is 14.4. The molecule has 132 valence electrons. The normalized spacial score (nSPS) is 23.1. The quantitative estimate of drug-likeness (QED) is 0.813. The van der Waals surface area contributed by atoms with Crippen LogP contribution in [0.1, 0.15) is 43.7 Å². The summed E-state index contributed by atoms with van der Waals surface area (Å²) in [6.07, 6.45) is 1.37. The van der Waals surface area contributed by atoms with Crippen LogP contribution in [0, 0.1) is 6.92 Å². The maximum atomic E-state index is 12.4. The van der Waals surface area contributed by atoms with Gasteiger partial charge in [0.15, 0.2) is 0 Å². The number of carbonyl (C=O) groups is 1. The fourth-order valence-electron chi connectivity index (χ4n) is 3.53. The first kappa shape index (κ1) is 17.2. The average molecular weight is 352 g/mol. The van der Waals surface area contributed by atoms with Crippen LogP contribution in [-0.2, 0) is 15.0 Å². The molecule has 1 aromatic rings. The largest absolute Gasteiger partial charge is 0.492 e. The third-order valence-electron chi connectivity index (χ3n) is 4.74. The first-order chi connectivity index (χ1) is 11.3. The van der Waals surface area contributed by atoms with Crippen LogP contribution in [0.25, 0.3) is 0 Å². The molecule has 2 heterocycles. The van der Waals surface area contributed by atoms with E-state index in [1.54, 1.807) is 0 Å². The Labute approximate surface area is 143 Å². The summed E-state index contributed by atoms with van der Waals surface area (Å²) >= 11 is 0. The summed E-state index contributed by atoms with van der Waals surface area (Å²) < 4.78 is 32.7. The van der Waals surface area contributed by atoms with E-state index < -0.39 is 16.3 Å². The molecular formula is C17H24N2O4S. The van der Waals surface area contributed by atoms with Gasteiger partial charge < -0.3 is 4.74 Å². The first-order valence-corrected chi connectivity index (χ1v) is 9.78. The molecule has 0 aliphatic carbocycles. The summed E-state index contributed by atoms with van der Waals surface area (Å²) in [5.41, 5.74) is 2.41. The maximum absolute atomic E-state index is 12.4. The summed E-state index contributed by atoms with van der Waals surface area (Å²) in [5, 5.41) is 0. The highest BCUT2D eigenvalue weighted by Gasteiger charge is 2.52. The van der Waals surface area contributed by atoms with Crippen molar-refractivity contribution in [3.8, 4) is 5.75 Å². The van der Waals surface area contributed by atoms with E-state index in [1.165, 1.54) is 9.87 Å². The topological polar surface area (TPSA) is 66.9 Å². The van der Waals surface area contributed by atoms with Gasteiger partial charge in [0.25, 0.3) is 5.91 Å². The number of ether oxygens (including phenoxy) is 1. The second kappa shape index (κ2) is 6.37. The Morgan fingerprint density at radius 3 is 2.71 bits per heavy atom. The van der Waals surface area contributed by atoms with Gasteiger partial charge in [-0.05, 0) is 48.9 Å². The fraction of sp³-hybridized carbons (Fsp3) is 0.588. The van der Waals surface area contributed by atoms with E-state index in [-0.39, 0.29) is 19.1 Å². The third kappa shape index (κ3) is 2.91. The van der Waals surface area contributed by atoms with E-state index in [4.69, 9.17) is 4.74 Å². The molecule has 2 saturated heterocycles. The van der Waals surface area contributed by atoms with Crippen LogP contribution in [0.3, 0.4) is 0 Å². The Kier molecular flexibility index (Phi) is 4.57. The maximum Gasteiger partial charge on any atom is 0.307 e. The molecule has 2 fully saturated rings. The van der Waals surface area contributed by atoms with Crippen molar-refractivity contribution in [1.29, 1.82) is 0 Å². The number of benzene rings is 1. The van der Waals surface area contributed by atoms with Crippen molar-refractivity contribution in [3.63, 3.8) is 0 Å². The molecule has 3 rings (SSSR count). The van der Waals surface area contributed by atoms with Crippen molar-refractivity contribution in [2.45, 2.75) is 45.6 Å². The lowest BCUT2D eigenvalue weighted by Gasteiger charge is -2.18. The standard InChI is InChI=1S/C17H24N2O4S/c1-12(2)15-7-6-14(11-13(15)3)23-10-9-19-17(20)16-5-4-8-18(16)24(19,21)22/h6-7,11-12,16H,4-5,8-10H2,1-3H3/t16-/m1/s1. The summed E-state index contributed by atoms with van der Waals surface area (Å²) in [6.45, 7) is 6.96. The molecule has 1 amide bonds. The molecule has 0 unspecified atom stereocenters. The van der Waals surface area contributed by atoms with Gasteiger partial charge in [0.2, 0.25) is 0 Å². The second-order valence-corrected chi connectivity index (χ2v) is 8.51. The molecule has 1 aromatic carbocycles. The van der Waals surface area contributed by atoms with Gasteiger partial charge in [-0.25, -0.2) is 4.31 Å². The number of nitrogens with zero attached hydrogens (tertiary/aromatic N) is 2. The minimum absolute atomic E-state index is 0.0547. The lowest BCUT2D eigenvalue weighted by molar-refractivity contribution is -0.127. The highest BCUT2D eigenvalue weighted by molar-refractivity contribution is 7.87. The molecular weight excluding hydrogens is 328 g/mol. The average Bonchev–Trinajstić information content (AvgIpc) is 3.06. The van der Waals surface area contributed by atoms with Crippen molar-refractivity contribution in [1.82, 2.24) is 8.61 Å². The zero-order valence-corrected chi connectivity index (χ0v) is 15.2. The van der Waals surface area contributed by atoms with E-state index >= 15 is 0 Å². The fourth-order valence-corrected chi connectivity index (χ4v) is 5.31. The number of fused-ring (bicyclic) bond motifs is 1. The summed E-state index contributed by atoms with van der Waals surface area (Å²) in [4.78, 5) is 12.3. The Morgan fingerprint density at radius 1 is 1.33 bits per heavy atom. The molecule has 6 nitrogen and oxygen atoms in total. The van der Waals surface area contributed by atoms with Gasteiger partial charge in [-0.15, -0.1) is 0 Å². The summed E-state index contributed by atoms with van der Waals surface area (Å²) in [6, 6.07) is 5.38. The molecule has 0 spiro atoms. The van der Waals surface area contributed by atoms with Crippen LogP contribution >= 0.6 is 0 Å². The second-order valence-electron chi connectivity index (χ2n) is 6.71. The van der Waals surface area contributed by atoms with Crippen molar-refractivity contribution in [2.75, 3.05) is 19.7 Å². The van der Waals surface area contributed by atoms with Crippen molar-refractivity contribution < 1.29 is 17.9 Å². The van der Waals surface area contributed by atoms with Crippen LogP contribution in [0.2, 0.25) is 0 Å². The molecule has 24 heavy (non-hydrogen) atoms. The van der Waals surface area contributed by atoms with Crippen LogP contribution in [0.5, 0.6) is 5.75 Å². The van der Waals surface area contributed by atoms with Crippen molar-refractivity contribution >= 4 is 16.1 Å². The summed E-state index contributed by atoms with van der Waals surface area (Å²) in [7, 11) is -3.66. The highest BCUT2D eigenvalue weighted by atomic mass is 32.2. The SMILES string of the molecule is Cc1cc(OCCN2C(=O)[C@H]3CCCN3S2(=O)=O)ccc1C(C)C. The van der Waals surface area contributed by atoms with Crippen LogP contribution in [-0.4, -0.2) is 48.7 Å². The molecule has 0 N–H and O–H groups in total. The zero-order chi connectivity index (χ0) is 17.5. The van der Waals surface area contributed by atoms with Crippen molar-refractivity contribution in [3.05, 3.63) is 29.3 Å². The van der Waals surface area contributed by atoms with E-state index in [0.717, 1.165) is 16.3 Å². The molecule has 2 aliphatic rings. The van der Waals surface area contributed by atoms with Gasteiger partial charge in [0, 0.05) is 6.54 Å². The number of amides is 1. The van der Waals surface area contributed by atoms with E-state index in [9.17, 15) is 13.2 Å². The van der Waals surface area contributed by atoms with Crippen LogP contribution in [0.15, 0.2) is 18.2 Å². The summed E-state index contributed by atoms with van der Waals surface area (Å²) in [5.74, 6) is 0.823. The number of carbonyl (C=O) groups excluding carboxylic acids is 1. The Balaban J connectivity index is 1.63. The molecule has 2 aliphatic heterocycles. The van der Waals surface area contributed by atoms with Gasteiger partial charge in [-0.2, -0.15) is 12.7 Å². The monoisotopic (exact) mass is 352 g/mol.